The van der Waals surface area contributed by atoms with Crippen molar-refractivity contribution in [1.29, 1.82) is 0 Å². The van der Waals surface area contributed by atoms with Gasteiger partial charge in [0.25, 0.3) is 0 Å². The molecule has 1 atom stereocenters. The molecule has 0 amide bonds. The second kappa shape index (κ2) is 8.16. The normalized spacial score (nSPS) is 12.9. The van der Waals surface area contributed by atoms with Crippen molar-refractivity contribution < 1.29 is 39.2 Å². The molecule has 3 N–H and O–H groups in total. The molecule has 0 aromatic heterocycles. The minimum Gasteiger partial charge on any atom is -0.498 e. The highest BCUT2D eigenvalue weighted by atomic mass is 16.6. The number of hydrogen-bond donors (Lipinski definition) is 3. The van der Waals surface area contributed by atoms with Crippen LogP contribution in [0.15, 0.2) is 11.8 Å². The lowest BCUT2D eigenvalue weighted by atomic mass is 9.96. The van der Waals surface area contributed by atoms with Crippen LogP contribution in [0.3, 0.4) is 0 Å². The smallest absolute Gasteiger partial charge is 0.336 e. The lowest BCUT2D eigenvalue weighted by Gasteiger charge is -2.20. The summed E-state index contributed by atoms with van der Waals surface area (Å²) in [5.74, 6) is -4.34. The first kappa shape index (κ1) is 17.9. The van der Waals surface area contributed by atoms with Gasteiger partial charge in [-0.15, -0.1) is 0 Å². The van der Waals surface area contributed by atoms with Gasteiger partial charge in [0.1, 0.15) is 13.2 Å². The van der Waals surface area contributed by atoms with Gasteiger partial charge in [0.15, 0.2) is 5.60 Å². The Kier molecular flexibility index (Phi) is 7.30. The Labute approximate surface area is 115 Å². The summed E-state index contributed by atoms with van der Waals surface area (Å²) in [6, 6.07) is 0. The average Bonchev–Trinajstić information content (AvgIpc) is 2.26. The van der Waals surface area contributed by atoms with Crippen LogP contribution in [0, 0.1) is 0 Å². The number of rotatable bonds is 9. The van der Waals surface area contributed by atoms with Crippen LogP contribution in [0.1, 0.15) is 26.7 Å². The van der Waals surface area contributed by atoms with E-state index >= 15 is 0 Å². The van der Waals surface area contributed by atoms with Crippen LogP contribution in [0.4, 0.5) is 0 Å². The van der Waals surface area contributed by atoms with Crippen molar-refractivity contribution in [2.75, 3.05) is 13.2 Å². The highest BCUT2D eigenvalue weighted by molar-refractivity contribution is 5.88. The van der Waals surface area contributed by atoms with Crippen molar-refractivity contribution in [2.24, 2.45) is 0 Å². The number of hydrogen-bond acceptors (Lipinski definition) is 6. The Balaban J connectivity index is 4.24. The van der Waals surface area contributed by atoms with E-state index in [1.165, 1.54) is 6.26 Å². The van der Waals surface area contributed by atoms with Crippen molar-refractivity contribution >= 4 is 17.9 Å². The van der Waals surface area contributed by atoms with E-state index in [2.05, 4.69) is 4.74 Å². The zero-order chi connectivity index (χ0) is 15.8. The van der Waals surface area contributed by atoms with Gasteiger partial charge in [-0.25, -0.2) is 4.79 Å². The molecule has 0 bridgehead atoms. The van der Waals surface area contributed by atoms with E-state index in [0.29, 0.717) is 0 Å². The van der Waals surface area contributed by atoms with Crippen molar-refractivity contribution in [1.82, 2.24) is 0 Å². The molecule has 0 saturated carbocycles. The van der Waals surface area contributed by atoms with Crippen molar-refractivity contribution in [3.8, 4) is 0 Å². The molecule has 0 aliphatic carbocycles. The molecule has 8 nitrogen and oxygen atoms in total. The molecule has 114 valence electrons. The molecule has 0 aromatic rings. The molecule has 0 rings (SSSR count). The Morgan fingerprint density at radius 1 is 1.10 bits per heavy atom. The highest BCUT2D eigenvalue weighted by Gasteiger charge is 2.41. The molecule has 1 unspecified atom stereocenters. The summed E-state index contributed by atoms with van der Waals surface area (Å²) in [6.45, 7) is 3.56. The predicted molar refractivity (Wildman–Crippen MR) is 65.8 cm³/mol. The monoisotopic (exact) mass is 290 g/mol. The van der Waals surface area contributed by atoms with Crippen molar-refractivity contribution in [3.05, 3.63) is 11.8 Å². The zero-order valence-electron chi connectivity index (χ0n) is 11.3. The van der Waals surface area contributed by atoms with Crippen LogP contribution < -0.4 is 0 Å². The summed E-state index contributed by atoms with van der Waals surface area (Å²) >= 11 is 0. The quantitative estimate of drug-likeness (QED) is 0.311. The molecule has 8 heteroatoms. The van der Waals surface area contributed by atoms with E-state index in [1.54, 1.807) is 0 Å². The molecule has 0 fully saturated rings. The number of carboxylic acids is 2. The topological polar surface area (TPSA) is 130 Å². The van der Waals surface area contributed by atoms with Gasteiger partial charge in [-0.2, -0.15) is 0 Å². The van der Waals surface area contributed by atoms with Gasteiger partial charge in [-0.1, -0.05) is 0 Å². The van der Waals surface area contributed by atoms with Crippen LogP contribution in [0.2, 0.25) is 0 Å². The maximum Gasteiger partial charge on any atom is 0.336 e. The number of aliphatic carboxylic acids is 2. The summed E-state index contributed by atoms with van der Waals surface area (Å²) in [5, 5.41) is 26.8. The van der Waals surface area contributed by atoms with Crippen LogP contribution in [0.25, 0.3) is 0 Å². The molecule has 0 heterocycles. The number of carboxylic acid groups (broad SMARTS) is 2. The van der Waals surface area contributed by atoms with Crippen LogP contribution in [-0.4, -0.2) is 52.0 Å². The first-order valence-electron chi connectivity index (χ1n) is 5.75. The Hall–Kier alpha value is -2.09. The standard InChI is InChI=1S/C12H18O8/c1-8(2)7-19-3-4-20-10(15)6-12(18,11(16)17)5-9(13)14/h7,18H,3-6H2,1-2H3,(H,13,14)(H,16,17). The van der Waals surface area contributed by atoms with E-state index in [-0.39, 0.29) is 13.2 Å². The summed E-state index contributed by atoms with van der Waals surface area (Å²) in [4.78, 5) is 32.6. The lowest BCUT2D eigenvalue weighted by molar-refractivity contribution is -0.172. The zero-order valence-corrected chi connectivity index (χ0v) is 11.3. The predicted octanol–water partition coefficient (Wildman–Crippen LogP) is 0.150. The van der Waals surface area contributed by atoms with Gasteiger partial charge in [0.05, 0.1) is 19.1 Å². The largest absolute Gasteiger partial charge is 0.498 e. The fraction of sp³-hybridized carbons (Fsp3) is 0.583. The molecule has 0 spiro atoms. The summed E-state index contributed by atoms with van der Waals surface area (Å²) in [7, 11) is 0. The van der Waals surface area contributed by atoms with Crippen LogP contribution in [-0.2, 0) is 23.9 Å². The summed E-state index contributed by atoms with van der Waals surface area (Å²) in [6.07, 6.45) is -0.575. The first-order valence-corrected chi connectivity index (χ1v) is 5.75. The highest BCUT2D eigenvalue weighted by Crippen LogP contribution is 2.16. The fourth-order valence-electron chi connectivity index (χ4n) is 1.18. The first-order chi connectivity index (χ1) is 9.17. The number of aliphatic hydroxyl groups is 1. The van der Waals surface area contributed by atoms with Gasteiger partial charge >= 0.3 is 17.9 Å². The van der Waals surface area contributed by atoms with Gasteiger partial charge in [-0.3, -0.25) is 9.59 Å². The SMILES string of the molecule is CC(C)=COCCOC(=O)CC(O)(CC(=O)O)C(=O)O. The third-order valence-electron chi connectivity index (χ3n) is 2.06. The molecule has 20 heavy (non-hydrogen) atoms. The minimum atomic E-state index is -2.68. The van der Waals surface area contributed by atoms with Crippen molar-refractivity contribution in [2.45, 2.75) is 32.3 Å². The van der Waals surface area contributed by atoms with Gasteiger partial charge in [0, 0.05) is 0 Å². The number of carbonyl (C=O) groups is 3. The molecule has 0 aromatic carbocycles. The third-order valence-corrected chi connectivity index (χ3v) is 2.06. The maximum atomic E-state index is 11.3. The Morgan fingerprint density at radius 3 is 2.15 bits per heavy atom. The van der Waals surface area contributed by atoms with E-state index in [0.717, 1.165) is 5.57 Å². The molecule has 0 radical (unpaired) electrons. The van der Waals surface area contributed by atoms with E-state index in [9.17, 15) is 19.5 Å². The lowest BCUT2D eigenvalue weighted by Crippen LogP contribution is -2.43. The Bertz CT molecular complexity index is 396. The Morgan fingerprint density at radius 2 is 1.70 bits per heavy atom. The number of ether oxygens (including phenoxy) is 2. The van der Waals surface area contributed by atoms with Crippen LogP contribution in [0.5, 0.6) is 0 Å². The minimum absolute atomic E-state index is 0.0708. The summed E-state index contributed by atoms with van der Waals surface area (Å²) in [5.41, 5.74) is -1.76. The molecule has 0 saturated heterocycles. The second-order valence-electron chi connectivity index (χ2n) is 4.37. The van der Waals surface area contributed by atoms with E-state index in [4.69, 9.17) is 14.9 Å². The van der Waals surface area contributed by atoms with Gasteiger partial charge in [-0.05, 0) is 19.4 Å². The number of allylic oxidation sites excluding steroid dienone is 1. The average molecular weight is 290 g/mol. The van der Waals surface area contributed by atoms with E-state index < -0.39 is 36.4 Å². The number of esters is 1. The molecule has 0 aliphatic rings. The molecular weight excluding hydrogens is 272 g/mol. The maximum absolute atomic E-state index is 11.3. The van der Waals surface area contributed by atoms with Gasteiger partial charge in [0.2, 0.25) is 0 Å². The fourth-order valence-corrected chi connectivity index (χ4v) is 1.18. The van der Waals surface area contributed by atoms with Crippen molar-refractivity contribution in [3.63, 3.8) is 0 Å². The second-order valence-corrected chi connectivity index (χ2v) is 4.37. The van der Waals surface area contributed by atoms with Gasteiger partial charge < -0.3 is 24.8 Å². The summed E-state index contributed by atoms with van der Waals surface area (Å²) < 4.78 is 9.62. The van der Waals surface area contributed by atoms with E-state index in [1.807, 2.05) is 13.8 Å². The third kappa shape index (κ3) is 7.37. The number of carbonyl (C=O) groups excluding carboxylic acids is 1. The molecule has 0 aliphatic heterocycles. The molecular formula is C12H18O8. The van der Waals surface area contributed by atoms with Crippen LogP contribution >= 0.6 is 0 Å².